The monoisotopic (exact) mass is 432 g/mol. The molecule has 0 unspecified atom stereocenters. The fourth-order valence-electron chi connectivity index (χ4n) is 5.02. The van der Waals surface area contributed by atoms with Crippen molar-refractivity contribution in [2.75, 3.05) is 13.2 Å². The lowest BCUT2D eigenvalue weighted by molar-refractivity contribution is -0.146. The first-order valence-electron chi connectivity index (χ1n) is 10.7. The van der Waals surface area contributed by atoms with Gasteiger partial charge in [0, 0.05) is 19.5 Å². The Bertz CT molecular complexity index is 1130. The number of amides is 1. The standard InChI is InChI=1S/C24H24N4O4/c1-27-14-25-26-22(27)21-19(23(29)30)11-6-12-28(21)24(31)32-13-20-17-9-4-2-7-15(17)16-8-3-5-10-18(16)20/h2-5,7-10,14,19-21H,6,11-13H2,1H3,(H,29,30)/t19-,21+/m1/s1. The number of aromatic nitrogens is 3. The van der Waals surface area contributed by atoms with E-state index in [1.807, 2.05) is 24.3 Å². The van der Waals surface area contributed by atoms with E-state index in [4.69, 9.17) is 4.74 Å². The van der Waals surface area contributed by atoms with Gasteiger partial charge in [0.1, 0.15) is 19.0 Å². The molecule has 8 nitrogen and oxygen atoms in total. The number of hydrogen-bond acceptors (Lipinski definition) is 5. The van der Waals surface area contributed by atoms with Crippen LogP contribution in [0.5, 0.6) is 0 Å². The van der Waals surface area contributed by atoms with E-state index in [0.29, 0.717) is 25.2 Å². The molecular weight excluding hydrogens is 408 g/mol. The van der Waals surface area contributed by atoms with Gasteiger partial charge in [-0.15, -0.1) is 10.2 Å². The summed E-state index contributed by atoms with van der Waals surface area (Å²) in [7, 11) is 1.75. The maximum Gasteiger partial charge on any atom is 0.410 e. The van der Waals surface area contributed by atoms with Gasteiger partial charge in [-0.1, -0.05) is 48.5 Å². The average Bonchev–Trinajstić information content (AvgIpc) is 3.38. The SMILES string of the molecule is Cn1cnnc1[C@@H]1[C@H](C(=O)O)CCCN1C(=O)OCC1c2ccccc2-c2ccccc21. The second kappa shape index (κ2) is 8.11. The van der Waals surface area contributed by atoms with Gasteiger partial charge in [-0.2, -0.15) is 0 Å². The van der Waals surface area contributed by atoms with Gasteiger partial charge in [0.15, 0.2) is 5.82 Å². The molecule has 1 amide bonds. The minimum atomic E-state index is -0.950. The molecule has 0 spiro atoms. The van der Waals surface area contributed by atoms with Crippen molar-refractivity contribution in [3.8, 4) is 11.1 Å². The van der Waals surface area contributed by atoms with Crippen LogP contribution in [0.4, 0.5) is 4.79 Å². The number of aliphatic carboxylic acids is 1. The summed E-state index contributed by atoms with van der Waals surface area (Å²) in [5.74, 6) is -1.31. The molecule has 164 valence electrons. The van der Waals surface area contributed by atoms with Gasteiger partial charge in [-0.05, 0) is 35.1 Å². The number of carboxylic acids is 1. The smallest absolute Gasteiger partial charge is 0.410 e. The van der Waals surface area contributed by atoms with Gasteiger partial charge < -0.3 is 14.4 Å². The number of carbonyl (C=O) groups is 2. The first-order valence-corrected chi connectivity index (χ1v) is 10.7. The van der Waals surface area contributed by atoms with Crippen LogP contribution in [0.2, 0.25) is 0 Å². The summed E-state index contributed by atoms with van der Waals surface area (Å²) in [6, 6.07) is 15.6. The van der Waals surface area contributed by atoms with Crippen molar-refractivity contribution in [2.45, 2.75) is 24.8 Å². The van der Waals surface area contributed by atoms with Gasteiger partial charge in [-0.3, -0.25) is 9.69 Å². The number of aryl methyl sites for hydroxylation is 1. The molecule has 32 heavy (non-hydrogen) atoms. The third kappa shape index (κ3) is 3.32. The van der Waals surface area contributed by atoms with Crippen LogP contribution in [0.1, 0.15) is 41.8 Å². The molecule has 2 aromatic carbocycles. The molecule has 1 fully saturated rings. The lowest BCUT2D eigenvalue weighted by Gasteiger charge is -2.38. The number of carbonyl (C=O) groups excluding carboxylic acids is 1. The molecular formula is C24H24N4O4. The van der Waals surface area contributed by atoms with E-state index in [1.165, 1.54) is 11.2 Å². The summed E-state index contributed by atoms with van der Waals surface area (Å²) in [6.07, 6.45) is 2.06. The minimum Gasteiger partial charge on any atom is -0.481 e. The summed E-state index contributed by atoms with van der Waals surface area (Å²) >= 11 is 0. The Morgan fingerprint density at radius 2 is 1.75 bits per heavy atom. The number of rotatable bonds is 4. The van der Waals surface area contributed by atoms with Crippen molar-refractivity contribution in [2.24, 2.45) is 13.0 Å². The fourth-order valence-corrected chi connectivity index (χ4v) is 5.02. The molecule has 1 saturated heterocycles. The molecule has 0 bridgehead atoms. The number of ether oxygens (including phenoxy) is 1. The molecule has 0 saturated carbocycles. The Labute approximate surface area is 185 Å². The zero-order valence-electron chi connectivity index (χ0n) is 17.7. The highest BCUT2D eigenvalue weighted by atomic mass is 16.6. The molecule has 8 heteroatoms. The van der Waals surface area contributed by atoms with E-state index in [2.05, 4.69) is 34.5 Å². The van der Waals surface area contributed by atoms with E-state index in [-0.39, 0.29) is 12.5 Å². The first kappa shape index (κ1) is 20.2. The lowest BCUT2D eigenvalue weighted by Crippen LogP contribution is -2.46. The second-order valence-electron chi connectivity index (χ2n) is 8.33. The quantitative estimate of drug-likeness (QED) is 0.677. The van der Waals surface area contributed by atoms with Crippen molar-refractivity contribution in [1.82, 2.24) is 19.7 Å². The van der Waals surface area contributed by atoms with Gasteiger partial charge in [0.2, 0.25) is 0 Å². The zero-order chi connectivity index (χ0) is 22.2. The molecule has 1 N–H and O–H groups in total. The second-order valence-corrected chi connectivity index (χ2v) is 8.33. The first-order chi connectivity index (χ1) is 15.6. The Morgan fingerprint density at radius 1 is 1.09 bits per heavy atom. The van der Waals surface area contributed by atoms with E-state index in [0.717, 1.165) is 22.3 Å². The Hall–Kier alpha value is -3.68. The third-order valence-electron chi connectivity index (χ3n) is 6.53. The molecule has 2 atom stereocenters. The van der Waals surface area contributed by atoms with Gasteiger partial charge in [-0.25, -0.2) is 4.79 Å². The fraction of sp³-hybridized carbons (Fsp3) is 0.333. The van der Waals surface area contributed by atoms with Crippen LogP contribution in [-0.2, 0) is 16.6 Å². The van der Waals surface area contributed by atoms with Crippen LogP contribution in [0.15, 0.2) is 54.9 Å². The van der Waals surface area contributed by atoms with E-state index < -0.39 is 24.0 Å². The van der Waals surface area contributed by atoms with E-state index in [9.17, 15) is 14.7 Å². The zero-order valence-corrected chi connectivity index (χ0v) is 17.7. The number of nitrogens with zero attached hydrogens (tertiary/aromatic N) is 4. The number of hydrogen-bond donors (Lipinski definition) is 1. The van der Waals surface area contributed by atoms with Crippen molar-refractivity contribution in [3.63, 3.8) is 0 Å². The van der Waals surface area contributed by atoms with E-state index in [1.54, 1.807) is 11.6 Å². The van der Waals surface area contributed by atoms with Crippen LogP contribution in [0.25, 0.3) is 11.1 Å². The highest BCUT2D eigenvalue weighted by Crippen LogP contribution is 2.44. The molecule has 3 aromatic rings. The Kier molecular flexibility index (Phi) is 5.13. The maximum absolute atomic E-state index is 13.2. The normalized spacial score (nSPS) is 20.0. The van der Waals surface area contributed by atoms with Crippen molar-refractivity contribution in [3.05, 3.63) is 71.8 Å². The summed E-state index contributed by atoms with van der Waals surface area (Å²) in [5.41, 5.74) is 4.58. The molecule has 1 aliphatic carbocycles. The predicted octanol–water partition coefficient (Wildman–Crippen LogP) is 3.60. The highest BCUT2D eigenvalue weighted by Gasteiger charge is 2.43. The largest absolute Gasteiger partial charge is 0.481 e. The van der Waals surface area contributed by atoms with Crippen molar-refractivity contribution < 1.29 is 19.4 Å². The maximum atomic E-state index is 13.2. The molecule has 2 heterocycles. The minimum absolute atomic E-state index is 0.0558. The molecule has 0 radical (unpaired) electrons. The summed E-state index contributed by atoms with van der Waals surface area (Å²) < 4.78 is 7.47. The van der Waals surface area contributed by atoms with Crippen LogP contribution in [0, 0.1) is 5.92 Å². The molecule has 1 aromatic heterocycles. The summed E-state index contributed by atoms with van der Waals surface area (Å²) in [5, 5.41) is 17.8. The topological polar surface area (TPSA) is 97.5 Å². The Morgan fingerprint density at radius 3 is 2.34 bits per heavy atom. The van der Waals surface area contributed by atoms with Gasteiger partial charge >= 0.3 is 12.1 Å². The Balaban J connectivity index is 1.40. The van der Waals surface area contributed by atoms with E-state index >= 15 is 0 Å². The van der Waals surface area contributed by atoms with Crippen molar-refractivity contribution >= 4 is 12.1 Å². The van der Waals surface area contributed by atoms with Crippen LogP contribution < -0.4 is 0 Å². The van der Waals surface area contributed by atoms with Crippen LogP contribution in [-0.4, -0.2) is 50.0 Å². The number of benzene rings is 2. The van der Waals surface area contributed by atoms with Gasteiger partial charge in [0.25, 0.3) is 0 Å². The molecule has 5 rings (SSSR count). The van der Waals surface area contributed by atoms with Crippen LogP contribution in [0.3, 0.4) is 0 Å². The summed E-state index contributed by atoms with van der Waals surface area (Å²) in [4.78, 5) is 26.7. The number of carboxylic acid groups (broad SMARTS) is 1. The molecule has 2 aliphatic rings. The lowest BCUT2D eigenvalue weighted by atomic mass is 9.88. The summed E-state index contributed by atoms with van der Waals surface area (Å²) in [6.45, 7) is 0.602. The number of fused-ring (bicyclic) bond motifs is 3. The van der Waals surface area contributed by atoms with Crippen LogP contribution >= 0.6 is 0 Å². The molecule has 1 aliphatic heterocycles. The highest BCUT2D eigenvalue weighted by molar-refractivity contribution is 5.79. The predicted molar refractivity (Wildman–Crippen MR) is 116 cm³/mol. The van der Waals surface area contributed by atoms with Gasteiger partial charge in [0.05, 0.1) is 5.92 Å². The average molecular weight is 432 g/mol. The third-order valence-corrected chi connectivity index (χ3v) is 6.53. The number of piperidine rings is 1. The van der Waals surface area contributed by atoms with Crippen molar-refractivity contribution in [1.29, 1.82) is 0 Å². The number of likely N-dealkylation sites (tertiary alicyclic amines) is 1.